The minimum atomic E-state index is -0.443. The van der Waals surface area contributed by atoms with Gasteiger partial charge in [-0.05, 0) is 83.6 Å². The van der Waals surface area contributed by atoms with Crippen LogP contribution < -0.4 is 5.32 Å². The first-order valence-electron chi connectivity index (χ1n) is 9.38. The Balaban J connectivity index is 2.00. The molecule has 140 valence electrons. The topological polar surface area (TPSA) is 41.6 Å². The highest BCUT2D eigenvalue weighted by molar-refractivity contribution is 5.68. The number of hydrogen-bond donors (Lipinski definition) is 1. The van der Waals surface area contributed by atoms with Crippen molar-refractivity contribution in [1.29, 1.82) is 0 Å². The van der Waals surface area contributed by atoms with Gasteiger partial charge < -0.3 is 15.0 Å². The van der Waals surface area contributed by atoms with E-state index >= 15 is 0 Å². The first-order chi connectivity index (χ1) is 11.6. The normalized spacial score (nSPS) is 19.6. The van der Waals surface area contributed by atoms with Gasteiger partial charge in [0.05, 0.1) is 0 Å². The van der Waals surface area contributed by atoms with Gasteiger partial charge in [-0.3, -0.25) is 0 Å². The molecule has 1 fully saturated rings. The summed E-state index contributed by atoms with van der Waals surface area (Å²) >= 11 is 0. The highest BCUT2D eigenvalue weighted by Gasteiger charge is 2.28. The van der Waals surface area contributed by atoms with Crippen LogP contribution in [-0.2, 0) is 4.74 Å². The van der Waals surface area contributed by atoms with Gasteiger partial charge in [0.15, 0.2) is 0 Å². The summed E-state index contributed by atoms with van der Waals surface area (Å²) in [5, 5.41) is 3.72. The number of nitrogens with zero attached hydrogens (tertiary/aromatic N) is 1. The van der Waals surface area contributed by atoms with Crippen LogP contribution in [0.25, 0.3) is 0 Å². The molecular formula is C21H34N2O2. The number of hydrogen-bond acceptors (Lipinski definition) is 3. The van der Waals surface area contributed by atoms with E-state index < -0.39 is 5.60 Å². The summed E-state index contributed by atoms with van der Waals surface area (Å²) in [5.74, 6) is 0. The molecule has 0 radical (unpaired) electrons. The van der Waals surface area contributed by atoms with Crippen molar-refractivity contribution >= 4 is 6.09 Å². The van der Waals surface area contributed by atoms with E-state index in [0.717, 1.165) is 19.4 Å². The molecule has 1 N–H and O–H groups in total. The average molecular weight is 347 g/mol. The molecule has 1 amide bonds. The number of carbonyl (C=O) groups excluding carboxylic acids is 1. The van der Waals surface area contributed by atoms with Crippen molar-refractivity contribution in [2.45, 2.75) is 79.0 Å². The molecule has 1 aromatic rings. The highest BCUT2D eigenvalue weighted by atomic mass is 16.6. The van der Waals surface area contributed by atoms with Crippen LogP contribution in [0, 0.1) is 20.8 Å². The van der Waals surface area contributed by atoms with Gasteiger partial charge in [0, 0.05) is 25.2 Å². The summed E-state index contributed by atoms with van der Waals surface area (Å²) in [6.07, 6.45) is 1.90. The molecule has 1 aliphatic heterocycles. The number of piperidine rings is 1. The molecule has 0 aromatic heterocycles. The second kappa shape index (κ2) is 7.77. The molecule has 2 unspecified atom stereocenters. The Labute approximate surface area is 152 Å². The van der Waals surface area contributed by atoms with Gasteiger partial charge in [0.2, 0.25) is 0 Å². The van der Waals surface area contributed by atoms with E-state index in [1.54, 1.807) is 0 Å². The lowest BCUT2D eigenvalue weighted by Crippen LogP contribution is -2.49. The first-order valence-corrected chi connectivity index (χ1v) is 9.38. The summed E-state index contributed by atoms with van der Waals surface area (Å²) in [6, 6.07) is 5.12. The van der Waals surface area contributed by atoms with Crippen LogP contribution in [0.5, 0.6) is 0 Å². The van der Waals surface area contributed by atoms with E-state index in [1.807, 2.05) is 25.7 Å². The number of amides is 1. The van der Waals surface area contributed by atoms with Crippen LogP contribution in [-0.4, -0.2) is 35.7 Å². The summed E-state index contributed by atoms with van der Waals surface area (Å²) in [6.45, 7) is 15.9. The van der Waals surface area contributed by atoms with Crippen molar-refractivity contribution in [3.05, 3.63) is 34.4 Å². The standard InChI is InChI=1S/C21H34N2O2/c1-14-11-16(3)19(12-15(14)2)17(4)22-18-9-8-10-23(13-18)20(24)25-21(5,6)7/h11-12,17-18,22H,8-10,13H2,1-7H3. The number of likely N-dealkylation sites (tertiary alicyclic amines) is 1. The van der Waals surface area contributed by atoms with Gasteiger partial charge >= 0.3 is 6.09 Å². The predicted octanol–water partition coefficient (Wildman–Crippen LogP) is 4.66. The van der Waals surface area contributed by atoms with Gasteiger partial charge in [0.25, 0.3) is 0 Å². The maximum atomic E-state index is 12.3. The SMILES string of the molecule is Cc1cc(C)c(C(C)NC2CCCN(C(=O)OC(C)(C)C)C2)cc1C. The zero-order valence-corrected chi connectivity index (χ0v) is 16.9. The van der Waals surface area contributed by atoms with Crippen molar-refractivity contribution in [2.24, 2.45) is 0 Å². The number of aryl methyl sites for hydroxylation is 3. The molecule has 4 nitrogen and oxygen atoms in total. The summed E-state index contributed by atoms with van der Waals surface area (Å²) in [7, 11) is 0. The third-order valence-electron chi connectivity index (χ3n) is 4.91. The molecule has 1 aliphatic rings. The van der Waals surface area contributed by atoms with E-state index in [9.17, 15) is 4.79 Å². The first kappa shape index (κ1) is 19.8. The predicted molar refractivity (Wildman–Crippen MR) is 103 cm³/mol. The van der Waals surface area contributed by atoms with Gasteiger partial charge in [-0.25, -0.2) is 4.79 Å². The van der Waals surface area contributed by atoms with Crippen molar-refractivity contribution in [1.82, 2.24) is 10.2 Å². The van der Waals surface area contributed by atoms with Crippen molar-refractivity contribution in [3.8, 4) is 0 Å². The van der Waals surface area contributed by atoms with Crippen LogP contribution in [0.15, 0.2) is 12.1 Å². The molecule has 2 atom stereocenters. The van der Waals surface area contributed by atoms with Crippen LogP contribution in [0.3, 0.4) is 0 Å². The summed E-state index contributed by atoms with van der Waals surface area (Å²) in [4.78, 5) is 14.2. The maximum Gasteiger partial charge on any atom is 0.410 e. The molecule has 0 aliphatic carbocycles. The van der Waals surface area contributed by atoms with E-state index in [1.165, 1.54) is 22.3 Å². The monoisotopic (exact) mass is 346 g/mol. The minimum Gasteiger partial charge on any atom is -0.444 e. The molecule has 4 heteroatoms. The fourth-order valence-electron chi connectivity index (χ4n) is 3.50. The Morgan fingerprint density at radius 3 is 2.48 bits per heavy atom. The molecule has 0 bridgehead atoms. The third-order valence-corrected chi connectivity index (χ3v) is 4.91. The second-order valence-electron chi connectivity index (χ2n) is 8.45. The molecule has 1 aromatic carbocycles. The Morgan fingerprint density at radius 1 is 1.20 bits per heavy atom. The molecule has 2 rings (SSSR count). The lowest BCUT2D eigenvalue weighted by atomic mass is 9.95. The Hall–Kier alpha value is -1.55. The van der Waals surface area contributed by atoms with E-state index in [-0.39, 0.29) is 12.1 Å². The van der Waals surface area contributed by atoms with Crippen LogP contribution in [0.4, 0.5) is 4.79 Å². The summed E-state index contributed by atoms with van der Waals surface area (Å²) < 4.78 is 5.52. The van der Waals surface area contributed by atoms with Crippen molar-refractivity contribution < 1.29 is 9.53 Å². The van der Waals surface area contributed by atoms with E-state index in [2.05, 4.69) is 45.1 Å². The quantitative estimate of drug-likeness (QED) is 0.865. The highest BCUT2D eigenvalue weighted by Crippen LogP contribution is 2.24. The zero-order chi connectivity index (χ0) is 18.8. The fraction of sp³-hybridized carbons (Fsp3) is 0.667. The number of rotatable bonds is 3. The molecule has 1 saturated heterocycles. The van der Waals surface area contributed by atoms with Gasteiger partial charge in [0.1, 0.15) is 5.60 Å². The Bertz CT molecular complexity index is 619. The molecule has 25 heavy (non-hydrogen) atoms. The number of benzene rings is 1. The number of ether oxygens (including phenoxy) is 1. The molecule has 0 spiro atoms. The largest absolute Gasteiger partial charge is 0.444 e. The minimum absolute atomic E-state index is 0.200. The van der Waals surface area contributed by atoms with Crippen LogP contribution >= 0.6 is 0 Å². The van der Waals surface area contributed by atoms with Crippen LogP contribution in [0.1, 0.15) is 68.8 Å². The lowest BCUT2D eigenvalue weighted by Gasteiger charge is -2.36. The van der Waals surface area contributed by atoms with Crippen molar-refractivity contribution in [2.75, 3.05) is 13.1 Å². The Morgan fingerprint density at radius 2 is 1.84 bits per heavy atom. The van der Waals surface area contributed by atoms with Gasteiger partial charge in [-0.15, -0.1) is 0 Å². The molecular weight excluding hydrogens is 312 g/mol. The van der Waals surface area contributed by atoms with Crippen molar-refractivity contribution in [3.63, 3.8) is 0 Å². The lowest BCUT2D eigenvalue weighted by molar-refractivity contribution is 0.0184. The van der Waals surface area contributed by atoms with Gasteiger partial charge in [-0.2, -0.15) is 0 Å². The maximum absolute atomic E-state index is 12.3. The number of nitrogens with one attached hydrogen (secondary N) is 1. The Kier molecular flexibility index (Phi) is 6.15. The fourth-order valence-corrected chi connectivity index (χ4v) is 3.50. The van der Waals surface area contributed by atoms with Gasteiger partial charge in [-0.1, -0.05) is 12.1 Å². The van der Waals surface area contributed by atoms with Crippen LogP contribution in [0.2, 0.25) is 0 Å². The third kappa shape index (κ3) is 5.46. The number of carbonyl (C=O) groups is 1. The van der Waals surface area contributed by atoms with E-state index in [0.29, 0.717) is 12.6 Å². The zero-order valence-electron chi connectivity index (χ0n) is 16.9. The van der Waals surface area contributed by atoms with E-state index in [4.69, 9.17) is 4.74 Å². The molecule has 0 saturated carbocycles. The molecule has 1 heterocycles. The second-order valence-corrected chi connectivity index (χ2v) is 8.45. The average Bonchev–Trinajstić information content (AvgIpc) is 2.49. The summed E-state index contributed by atoms with van der Waals surface area (Å²) in [5.41, 5.74) is 4.89. The smallest absolute Gasteiger partial charge is 0.410 e.